The molecule has 1 saturated heterocycles. The first-order chi connectivity index (χ1) is 14.0. The fourth-order valence-electron chi connectivity index (χ4n) is 3.28. The second kappa shape index (κ2) is 7.92. The van der Waals surface area contributed by atoms with E-state index in [1.165, 1.54) is 17.0 Å². The molecule has 1 fully saturated rings. The number of ether oxygens (including phenoxy) is 1. The molecule has 0 bridgehead atoms. The maximum Gasteiger partial charge on any atom is 0.255 e. The zero-order chi connectivity index (χ0) is 20.4. The van der Waals surface area contributed by atoms with E-state index in [0.717, 1.165) is 5.56 Å². The van der Waals surface area contributed by atoms with Crippen molar-refractivity contribution in [1.82, 2.24) is 19.5 Å². The van der Waals surface area contributed by atoms with Crippen LogP contribution in [0.2, 0.25) is 0 Å². The molecular weight excluding hydrogens is 370 g/mol. The Morgan fingerprint density at radius 1 is 1.17 bits per heavy atom. The minimum Gasteiger partial charge on any atom is -0.366 e. The number of anilines is 1. The third-order valence-corrected chi connectivity index (χ3v) is 4.93. The van der Waals surface area contributed by atoms with Gasteiger partial charge >= 0.3 is 0 Å². The van der Waals surface area contributed by atoms with Crippen molar-refractivity contribution in [3.63, 3.8) is 0 Å². The molecule has 148 valence electrons. The summed E-state index contributed by atoms with van der Waals surface area (Å²) in [7, 11) is 1.67. The number of morpholine rings is 1. The molecule has 1 aliphatic heterocycles. The van der Waals surface area contributed by atoms with Gasteiger partial charge in [-0.25, -0.2) is 15.0 Å². The summed E-state index contributed by atoms with van der Waals surface area (Å²) in [5.74, 6) is 0.405. The topological polar surface area (TPSA) is 90.2 Å². The highest BCUT2D eigenvalue weighted by Gasteiger charge is 2.29. The molecule has 0 saturated carbocycles. The van der Waals surface area contributed by atoms with Crippen molar-refractivity contribution in [2.24, 2.45) is 7.05 Å². The van der Waals surface area contributed by atoms with Gasteiger partial charge in [-0.2, -0.15) is 0 Å². The molecule has 29 heavy (non-hydrogen) atoms. The second-order valence-electron chi connectivity index (χ2n) is 6.97. The first-order valence-corrected chi connectivity index (χ1v) is 9.35. The maximum atomic E-state index is 12.9. The zero-order valence-corrected chi connectivity index (χ0v) is 16.3. The van der Waals surface area contributed by atoms with E-state index in [1.54, 1.807) is 19.3 Å². The van der Waals surface area contributed by atoms with E-state index < -0.39 is 6.10 Å². The van der Waals surface area contributed by atoms with Gasteiger partial charge in [0, 0.05) is 31.4 Å². The zero-order valence-electron chi connectivity index (χ0n) is 16.3. The van der Waals surface area contributed by atoms with Gasteiger partial charge in [-0.05, 0) is 13.0 Å². The van der Waals surface area contributed by atoms with Crippen molar-refractivity contribution >= 4 is 11.7 Å². The van der Waals surface area contributed by atoms with Gasteiger partial charge in [0.2, 0.25) is 5.95 Å². The molecule has 0 N–H and O–H groups in total. The second-order valence-corrected chi connectivity index (χ2v) is 6.97. The number of benzene rings is 1. The molecule has 8 heteroatoms. The van der Waals surface area contributed by atoms with E-state index in [0.29, 0.717) is 42.6 Å². The standard InChI is InChI=1S/C21H21N5O3/c1-14-3-5-15(6-4-14)20(28)18-12-26(9-10-29-18)21-24-17(11-19(27)25(21)2)16-7-8-22-13-23-16/h3-8,11,13,18H,9-10,12H2,1-2H3. The van der Waals surface area contributed by atoms with Crippen molar-refractivity contribution in [2.45, 2.75) is 13.0 Å². The van der Waals surface area contributed by atoms with E-state index in [1.807, 2.05) is 36.1 Å². The number of ketones is 1. The summed E-state index contributed by atoms with van der Waals surface area (Å²) < 4.78 is 7.21. The average Bonchev–Trinajstić information content (AvgIpc) is 2.76. The fourth-order valence-corrected chi connectivity index (χ4v) is 3.28. The summed E-state index contributed by atoms with van der Waals surface area (Å²) >= 11 is 0. The smallest absolute Gasteiger partial charge is 0.255 e. The lowest BCUT2D eigenvalue weighted by Crippen LogP contribution is -2.48. The number of rotatable bonds is 4. The van der Waals surface area contributed by atoms with Crippen LogP contribution in [0.3, 0.4) is 0 Å². The summed E-state index contributed by atoms with van der Waals surface area (Å²) in [4.78, 5) is 40.0. The highest BCUT2D eigenvalue weighted by atomic mass is 16.5. The van der Waals surface area contributed by atoms with Crippen molar-refractivity contribution in [2.75, 3.05) is 24.6 Å². The van der Waals surface area contributed by atoms with Crippen LogP contribution in [0.5, 0.6) is 0 Å². The number of hydrogen-bond donors (Lipinski definition) is 0. The lowest BCUT2D eigenvalue weighted by atomic mass is 10.0. The molecule has 4 rings (SSSR count). The van der Waals surface area contributed by atoms with Gasteiger partial charge in [0.15, 0.2) is 5.78 Å². The quantitative estimate of drug-likeness (QED) is 0.625. The Hall–Kier alpha value is -3.39. The van der Waals surface area contributed by atoms with Gasteiger partial charge in [-0.1, -0.05) is 29.8 Å². The molecular formula is C21H21N5O3. The molecule has 0 aliphatic carbocycles. The highest BCUT2D eigenvalue weighted by Crippen LogP contribution is 2.20. The Morgan fingerprint density at radius 2 is 1.97 bits per heavy atom. The van der Waals surface area contributed by atoms with Gasteiger partial charge in [-0.3, -0.25) is 14.2 Å². The molecule has 3 heterocycles. The summed E-state index contributed by atoms with van der Waals surface area (Å²) in [5.41, 5.74) is 2.54. The van der Waals surface area contributed by atoms with Crippen LogP contribution < -0.4 is 10.5 Å². The summed E-state index contributed by atoms with van der Waals surface area (Å²) in [6.45, 7) is 3.20. The van der Waals surface area contributed by atoms with Crippen molar-refractivity contribution < 1.29 is 9.53 Å². The first kappa shape index (κ1) is 18.9. The molecule has 0 radical (unpaired) electrons. The summed E-state index contributed by atoms with van der Waals surface area (Å²) in [6, 6.07) is 10.6. The highest BCUT2D eigenvalue weighted by molar-refractivity contribution is 6.00. The number of carbonyl (C=O) groups excluding carboxylic acids is 1. The van der Waals surface area contributed by atoms with Gasteiger partial charge in [0.05, 0.1) is 24.5 Å². The third-order valence-electron chi connectivity index (χ3n) is 4.93. The third kappa shape index (κ3) is 3.93. The number of aromatic nitrogens is 4. The molecule has 2 aromatic heterocycles. The van der Waals surface area contributed by atoms with Crippen LogP contribution in [0.4, 0.5) is 5.95 Å². The Morgan fingerprint density at radius 3 is 2.69 bits per heavy atom. The minimum atomic E-state index is -0.619. The predicted octanol–water partition coefficient (Wildman–Crippen LogP) is 1.63. The molecule has 1 aliphatic rings. The minimum absolute atomic E-state index is 0.0772. The molecule has 1 aromatic carbocycles. The van der Waals surface area contributed by atoms with Crippen LogP contribution >= 0.6 is 0 Å². The van der Waals surface area contributed by atoms with Crippen LogP contribution in [0.25, 0.3) is 11.4 Å². The van der Waals surface area contributed by atoms with Crippen LogP contribution in [-0.2, 0) is 11.8 Å². The van der Waals surface area contributed by atoms with Crippen LogP contribution in [-0.4, -0.2) is 51.1 Å². The lowest BCUT2D eigenvalue weighted by molar-refractivity contribution is 0.0337. The van der Waals surface area contributed by atoms with Crippen LogP contribution in [0, 0.1) is 6.92 Å². The normalized spacial score (nSPS) is 16.6. The number of hydrogen-bond acceptors (Lipinski definition) is 7. The van der Waals surface area contributed by atoms with Crippen LogP contribution in [0.15, 0.2) is 53.7 Å². The lowest BCUT2D eigenvalue weighted by Gasteiger charge is -2.33. The molecule has 0 amide bonds. The van der Waals surface area contributed by atoms with Gasteiger partial charge in [0.25, 0.3) is 5.56 Å². The van der Waals surface area contributed by atoms with Gasteiger partial charge < -0.3 is 9.64 Å². The van der Waals surface area contributed by atoms with E-state index in [-0.39, 0.29) is 11.3 Å². The monoisotopic (exact) mass is 391 g/mol. The van der Waals surface area contributed by atoms with Gasteiger partial charge in [0.1, 0.15) is 12.4 Å². The van der Waals surface area contributed by atoms with Crippen molar-refractivity contribution in [3.8, 4) is 11.4 Å². The summed E-state index contributed by atoms with van der Waals surface area (Å²) in [5, 5.41) is 0. The van der Waals surface area contributed by atoms with E-state index in [2.05, 4.69) is 15.0 Å². The molecule has 1 atom stereocenters. The Bertz CT molecular complexity index is 1080. The molecule has 0 spiro atoms. The molecule has 3 aromatic rings. The SMILES string of the molecule is Cc1ccc(C(=O)C2CN(c3nc(-c4ccncn4)cc(=O)n3C)CCO2)cc1. The number of nitrogens with zero attached hydrogens (tertiary/aromatic N) is 5. The van der Waals surface area contributed by atoms with Gasteiger partial charge in [-0.15, -0.1) is 0 Å². The average molecular weight is 391 g/mol. The van der Waals surface area contributed by atoms with Crippen LogP contribution in [0.1, 0.15) is 15.9 Å². The Labute approximate surface area is 167 Å². The Balaban J connectivity index is 1.63. The number of carbonyl (C=O) groups is 1. The van der Waals surface area contributed by atoms with E-state index >= 15 is 0 Å². The largest absolute Gasteiger partial charge is 0.366 e. The van der Waals surface area contributed by atoms with Crippen molar-refractivity contribution in [1.29, 1.82) is 0 Å². The number of aryl methyl sites for hydroxylation is 1. The number of Topliss-reactive ketones (excluding diaryl/α,β-unsaturated/α-hetero) is 1. The first-order valence-electron chi connectivity index (χ1n) is 9.35. The van der Waals surface area contributed by atoms with E-state index in [4.69, 9.17) is 4.74 Å². The molecule has 8 nitrogen and oxygen atoms in total. The Kier molecular flexibility index (Phi) is 5.18. The maximum absolute atomic E-state index is 12.9. The van der Waals surface area contributed by atoms with Crippen molar-refractivity contribution in [3.05, 3.63) is 70.4 Å². The van der Waals surface area contributed by atoms with E-state index in [9.17, 15) is 9.59 Å². The molecule has 1 unspecified atom stereocenters. The fraction of sp³-hybridized carbons (Fsp3) is 0.286. The summed E-state index contributed by atoms with van der Waals surface area (Å²) in [6.07, 6.45) is 2.40. The predicted molar refractivity (Wildman–Crippen MR) is 108 cm³/mol.